The highest BCUT2D eigenvalue weighted by atomic mass is 16.2. The first kappa shape index (κ1) is 13.5. The predicted molar refractivity (Wildman–Crippen MR) is 68.4 cm³/mol. The molecule has 0 atom stereocenters. The summed E-state index contributed by atoms with van der Waals surface area (Å²) in [6, 6.07) is 0. The molecule has 1 aliphatic carbocycles. The summed E-state index contributed by atoms with van der Waals surface area (Å²) in [4.78, 5) is 14.2. The van der Waals surface area contributed by atoms with Crippen LogP contribution in [0.25, 0.3) is 0 Å². The molecule has 1 fully saturated rings. The minimum atomic E-state index is 0.399. The van der Waals surface area contributed by atoms with Crippen LogP contribution >= 0.6 is 0 Å². The largest absolute Gasteiger partial charge is 0.343 e. The van der Waals surface area contributed by atoms with Crippen LogP contribution in [0, 0.1) is 5.92 Å². The topological polar surface area (TPSA) is 20.3 Å². The minimum Gasteiger partial charge on any atom is -0.343 e. The van der Waals surface area contributed by atoms with Crippen LogP contribution < -0.4 is 0 Å². The smallest absolute Gasteiger partial charge is 0.222 e. The molecule has 0 unspecified atom stereocenters. The highest BCUT2D eigenvalue weighted by Gasteiger charge is 2.20. The van der Waals surface area contributed by atoms with Gasteiger partial charge >= 0.3 is 0 Å². The molecule has 2 nitrogen and oxygen atoms in total. The highest BCUT2D eigenvalue weighted by Crippen LogP contribution is 2.26. The summed E-state index contributed by atoms with van der Waals surface area (Å²) in [5.41, 5.74) is 0. The van der Waals surface area contributed by atoms with Crippen molar-refractivity contribution in [3.63, 3.8) is 0 Å². The van der Waals surface area contributed by atoms with E-state index in [4.69, 9.17) is 0 Å². The van der Waals surface area contributed by atoms with Gasteiger partial charge in [0.15, 0.2) is 0 Å². The summed E-state index contributed by atoms with van der Waals surface area (Å²) < 4.78 is 0. The quantitative estimate of drug-likeness (QED) is 0.676. The van der Waals surface area contributed by atoms with Crippen LogP contribution in [0.15, 0.2) is 0 Å². The van der Waals surface area contributed by atoms with Crippen molar-refractivity contribution in [1.29, 1.82) is 0 Å². The van der Waals surface area contributed by atoms with Crippen molar-refractivity contribution >= 4 is 5.91 Å². The second kappa shape index (κ2) is 7.70. The normalized spacial score (nSPS) is 17.4. The van der Waals surface area contributed by atoms with E-state index in [1.54, 1.807) is 0 Å². The van der Waals surface area contributed by atoms with Gasteiger partial charge in [-0.3, -0.25) is 4.79 Å². The summed E-state index contributed by atoms with van der Waals surface area (Å²) in [6.07, 6.45) is 9.56. The number of rotatable bonds is 6. The Balaban J connectivity index is 2.34. The zero-order valence-electron chi connectivity index (χ0n) is 11.0. The molecule has 1 rings (SSSR count). The van der Waals surface area contributed by atoms with Gasteiger partial charge in [-0.05, 0) is 31.6 Å². The van der Waals surface area contributed by atoms with E-state index in [1.165, 1.54) is 32.1 Å². The molecule has 1 amide bonds. The lowest BCUT2D eigenvalue weighted by atomic mass is 9.86. The van der Waals surface area contributed by atoms with E-state index in [0.29, 0.717) is 11.8 Å². The average Bonchev–Trinajstić information content (AvgIpc) is 2.30. The number of carbonyl (C=O) groups is 1. The molecule has 1 aliphatic rings. The summed E-state index contributed by atoms with van der Waals surface area (Å²) in [6.45, 7) is 6.19. The molecule has 1 saturated carbocycles. The van der Waals surface area contributed by atoms with Crippen LogP contribution in [0.5, 0.6) is 0 Å². The molecule has 0 heterocycles. The molecule has 0 spiro atoms. The standard InChI is InChI=1S/C14H27NO/c1-3-10-15(11-4-2)14(16)12-13-8-6-5-7-9-13/h13H,3-12H2,1-2H3. The molecular weight excluding hydrogens is 198 g/mol. The Morgan fingerprint density at radius 1 is 1.06 bits per heavy atom. The lowest BCUT2D eigenvalue weighted by Gasteiger charge is -2.26. The molecule has 0 aliphatic heterocycles. The lowest BCUT2D eigenvalue weighted by molar-refractivity contribution is -0.132. The average molecular weight is 225 g/mol. The first-order valence-electron chi connectivity index (χ1n) is 7.05. The summed E-state index contributed by atoms with van der Waals surface area (Å²) in [5, 5.41) is 0. The fourth-order valence-electron chi connectivity index (χ4n) is 2.67. The van der Waals surface area contributed by atoms with Crippen LogP contribution in [0.3, 0.4) is 0 Å². The molecular formula is C14H27NO. The molecule has 0 aromatic heterocycles. The predicted octanol–water partition coefficient (Wildman–Crippen LogP) is 3.61. The Labute approximate surface area is 100 Å². The van der Waals surface area contributed by atoms with Gasteiger partial charge in [-0.2, -0.15) is 0 Å². The number of hydrogen-bond acceptors (Lipinski definition) is 1. The van der Waals surface area contributed by atoms with Crippen LogP contribution in [-0.4, -0.2) is 23.9 Å². The number of amides is 1. The molecule has 0 aromatic rings. The molecule has 0 bridgehead atoms. The van der Waals surface area contributed by atoms with E-state index in [2.05, 4.69) is 18.7 Å². The van der Waals surface area contributed by atoms with Gasteiger partial charge in [0.25, 0.3) is 0 Å². The van der Waals surface area contributed by atoms with Crippen LogP contribution in [0.4, 0.5) is 0 Å². The lowest BCUT2D eigenvalue weighted by Crippen LogP contribution is -2.34. The molecule has 2 heteroatoms. The van der Waals surface area contributed by atoms with Gasteiger partial charge in [0.2, 0.25) is 5.91 Å². The van der Waals surface area contributed by atoms with Crippen molar-refractivity contribution < 1.29 is 4.79 Å². The van der Waals surface area contributed by atoms with Crippen molar-refractivity contribution in [3.8, 4) is 0 Å². The summed E-state index contributed by atoms with van der Waals surface area (Å²) in [5.74, 6) is 1.08. The third-order valence-electron chi connectivity index (χ3n) is 3.53. The van der Waals surface area contributed by atoms with Gasteiger partial charge in [0, 0.05) is 19.5 Å². The Morgan fingerprint density at radius 2 is 1.62 bits per heavy atom. The zero-order valence-corrected chi connectivity index (χ0v) is 11.0. The third-order valence-corrected chi connectivity index (χ3v) is 3.53. The van der Waals surface area contributed by atoms with Crippen molar-refractivity contribution in [3.05, 3.63) is 0 Å². The number of nitrogens with zero attached hydrogens (tertiary/aromatic N) is 1. The van der Waals surface area contributed by atoms with E-state index in [0.717, 1.165) is 32.4 Å². The molecule has 0 N–H and O–H groups in total. The summed E-state index contributed by atoms with van der Waals surface area (Å²) in [7, 11) is 0. The Kier molecular flexibility index (Phi) is 6.51. The number of carbonyl (C=O) groups excluding carboxylic acids is 1. The van der Waals surface area contributed by atoms with Crippen molar-refractivity contribution in [2.45, 2.75) is 65.2 Å². The summed E-state index contributed by atoms with van der Waals surface area (Å²) >= 11 is 0. The molecule has 0 radical (unpaired) electrons. The molecule has 94 valence electrons. The van der Waals surface area contributed by atoms with Gasteiger partial charge < -0.3 is 4.90 Å². The fourth-order valence-corrected chi connectivity index (χ4v) is 2.67. The van der Waals surface area contributed by atoms with Crippen molar-refractivity contribution in [2.75, 3.05) is 13.1 Å². The SMILES string of the molecule is CCCN(CCC)C(=O)CC1CCCCC1. The fraction of sp³-hybridized carbons (Fsp3) is 0.929. The van der Waals surface area contributed by atoms with Crippen molar-refractivity contribution in [1.82, 2.24) is 4.90 Å². The number of hydrogen-bond donors (Lipinski definition) is 0. The van der Waals surface area contributed by atoms with E-state index >= 15 is 0 Å². The minimum absolute atomic E-state index is 0.399. The monoisotopic (exact) mass is 225 g/mol. The second-order valence-corrected chi connectivity index (χ2v) is 5.09. The van der Waals surface area contributed by atoms with E-state index in [9.17, 15) is 4.79 Å². The van der Waals surface area contributed by atoms with Gasteiger partial charge in [0.1, 0.15) is 0 Å². The zero-order chi connectivity index (χ0) is 11.8. The first-order valence-corrected chi connectivity index (χ1v) is 7.05. The van der Waals surface area contributed by atoms with Gasteiger partial charge in [-0.25, -0.2) is 0 Å². The van der Waals surface area contributed by atoms with E-state index in [-0.39, 0.29) is 0 Å². The van der Waals surface area contributed by atoms with Gasteiger partial charge in [-0.1, -0.05) is 33.1 Å². The molecule has 0 aromatic carbocycles. The second-order valence-electron chi connectivity index (χ2n) is 5.09. The maximum absolute atomic E-state index is 12.1. The van der Waals surface area contributed by atoms with Gasteiger partial charge in [-0.15, -0.1) is 0 Å². The van der Waals surface area contributed by atoms with Crippen molar-refractivity contribution in [2.24, 2.45) is 5.92 Å². The first-order chi connectivity index (χ1) is 7.77. The maximum atomic E-state index is 12.1. The molecule has 16 heavy (non-hydrogen) atoms. The Morgan fingerprint density at radius 3 is 2.12 bits per heavy atom. The highest BCUT2D eigenvalue weighted by molar-refractivity contribution is 5.76. The van der Waals surface area contributed by atoms with Crippen LogP contribution in [-0.2, 0) is 4.79 Å². The molecule has 0 saturated heterocycles. The van der Waals surface area contributed by atoms with Crippen LogP contribution in [0.2, 0.25) is 0 Å². The van der Waals surface area contributed by atoms with E-state index < -0.39 is 0 Å². The Hall–Kier alpha value is -0.530. The Bertz CT molecular complexity index is 191. The van der Waals surface area contributed by atoms with E-state index in [1.807, 2.05) is 0 Å². The third kappa shape index (κ3) is 4.54. The van der Waals surface area contributed by atoms with Crippen LogP contribution in [0.1, 0.15) is 65.2 Å². The van der Waals surface area contributed by atoms with Gasteiger partial charge in [0.05, 0.1) is 0 Å². The maximum Gasteiger partial charge on any atom is 0.222 e.